The van der Waals surface area contributed by atoms with Gasteiger partial charge < -0.3 is 20.1 Å². The Morgan fingerprint density at radius 2 is 1.95 bits per heavy atom. The molecule has 3 rings (SSSR count). The van der Waals surface area contributed by atoms with Gasteiger partial charge in [0.2, 0.25) is 0 Å². The second-order valence-corrected chi connectivity index (χ2v) is 12.5. The zero-order chi connectivity index (χ0) is 27.5. The van der Waals surface area contributed by atoms with Crippen LogP contribution in [0.1, 0.15) is 77.4 Å². The molecule has 2 aliphatic rings. The van der Waals surface area contributed by atoms with Gasteiger partial charge in [-0.05, 0) is 44.3 Å². The van der Waals surface area contributed by atoms with Gasteiger partial charge >= 0.3 is 5.97 Å². The highest BCUT2D eigenvalue weighted by Gasteiger charge is 2.48. The first kappa shape index (κ1) is 29.9. The molecule has 0 saturated carbocycles. The summed E-state index contributed by atoms with van der Waals surface area (Å²) in [5, 5.41) is 34.3. The molecule has 2 fully saturated rings. The lowest BCUT2D eigenvalue weighted by atomic mass is 9.73. The summed E-state index contributed by atoms with van der Waals surface area (Å²) in [5.74, 6) is -1.57. The Balaban J connectivity index is 1.88. The van der Waals surface area contributed by atoms with E-state index in [2.05, 4.69) is 9.88 Å². The third-order valence-corrected chi connectivity index (χ3v) is 9.10. The first-order valence-corrected chi connectivity index (χ1v) is 14.3. The Morgan fingerprint density at radius 1 is 1.24 bits per heavy atom. The van der Waals surface area contributed by atoms with Gasteiger partial charge in [-0.25, -0.2) is 4.98 Å². The molecule has 2 aliphatic heterocycles. The molecular weight excluding hydrogens is 492 g/mol. The summed E-state index contributed by atoms with van der Waals surface area (Å²) < 4.78 is 5.94. The molecule has 0 bridgehead atoms. The minimum atomic E-state index is -1.24. The summed E-state index contributed by atoms with van der Waals surface area (Å²) in [6.07, 6.45) is 2.19. The number of ether oxygens (including phenoxy) is 1. The summed E-state index contributed by atoms with van der Waals surface area (Å²) in [6, 6.07) is 0.434. The number of nitrogens with zero attached hydrogens (tertiary/aromatic N) is 2. The second kappa shape index (κ2) is 12.5. The number of cyclic esters (lactones) is 1. The minimum absolute atomic E-state index is 0.0559. The number of aliphatic hydroxyl groups is 3. The smallest absolute Gasteiger partial charge is 0.309 e. The molecule has 1 aromatic heterocycles. The Kier molecular flexibility index (Phi) is 10.1. The fourth-order valence-corrected chi connectivity index (χ4v) is 6.22. The Hall–Kier alpha value is -1.65. The number of β-amino-alcohol motifs (C(OH)–C–C–N with tert-alkyl or cyclic N) is 1. The van der Waals surface area contributed by atoms with Crippen molar-refractivity contribution in [3.8, 4) is 0 Å². The van der Waals surface area contributed by atoms with Crippen LogP contribution in [0.3, 0.4) is 0 Å². The van der Waals surface area contributed by atoms with Gasteiger partial charge in [-0.3, -0.25) is 14.5 Å². The highest BCUT2D eigenvalue weighted by atomic mass is 32.1. The van der Waals surface area contributed by atoms with E-state index in [-0.39, 0.29) is 36.8 Å². The normalized spacial score (nSPS) is 36.1. The quantitative estimate of drug-likeness (QED) is 0.396. The van der Waals surface area contributed by atoms with Crippen molar-refractivity contribution in [1.82, 2.24) is 9.88 Å². The number of Topliss-reactive ketones (excluding diaryl/α,β-unsaturated/α-hetero) is 1. The van der Waals surface area contributed by atoms with Crippen molar-refractivity contribution in [2.75, 3.05) is 13.2 Å². The molecule has 3 N–H and O–H groups in total. The first-order valence-electron chi connectivity index (χ1n) is 13.4. The van der Waals surface area contributed by atoms with Gasteiger partial charge in [0.1, 0.15) is 11.9 Å². The number of carbonyl (C=O) groups excluding carboxylic acids is 2. The van der Waals surface area contributed by atoms with Gasteiger partial charge in [0.25, 0.3) is 0 Å². The van der Waals surface area contributed by atoms with Crippen molar-refractivity contribution < 1.29 is 29.6 Å². The van der Waals surface area contributed by atoms with E-state index in [0.717, 1.165) is 35.5 Å². The number of rotatable bonds is 4. The number of carbonyl (C=O) groups is 2. The molecule has 0 amide bonds. The van der Waals surface area contributed by atoms with E-state index in [1.165, 1.54) is 0 Å². The summed E-state index contributed by atoms with van der Waals surface area (Å²) in [5.41, 5.74) is 0.467. The second-order valence-electron chi connectivity index (χ2n) is 11.5. The van der Waals surface area contributed by atoms with Crippen LogP contribution >= 0.6 is 11.3 Å². The molecular formula is C28H44N2O6S. The Bertz CT molecular complexity index is 976. The molecule has 2 saturated heterocycles. The molecule has 0 aromatic carbocycles. The van der Waals surface area contributed by atoms with Crippen LogP contribution in [0.25, 0.3) is 6.08 Å². The molecule has 1 aromatic rings. The number of hydrogen-bond acceptors (Lipinski definition) is 9. The van der Waals surface area contributed by atoms with E-state index >= 15 is 0 Å². The van der Waals surface area contributed by atoms with E-state index in [0.29, 0.717) is 13.0 Å². The first-order chi connectivity index (χ1) is 17.4. The predicted molar refractivity (Wildman–Crippen MR) is 144 cm³/mol. The summed E-state index contributed by atoms with van der Waals surface area (Å²) in [4.78, 5) is 33.1. The largest absolute Gasteiger partial charge is 0.458 e. The van der Waals surface area contributed by atoms with Crippen LogP contribution in [0.15, 0.2) is 11.0 Å². The van der Waals surface area contributed by atoms with Crippen molar-refractivity contribution >= 4 is 29.2 Å². The van der Waals surface area contributed by atoms with Gasteiger partial charge in [0.05, 0.1) is 41.4 Å². The van der Waals surface area contributed by atoms with Crippen molar-refractivity contribution in [3.05, 3.63) is 21.7 Å². The molecule has 8 nitrogen and oxygen atoms in total. The van der Waals surface area contributed by atoms with E-state index in [4.69, 9.17) is 4.74 Å². The lowest BCUT2D eigenvalue weighted by Crippen LogP contribution is -2.45. The average Bonchev–Trinajstić information content (AvgIpc) is 3.29. The molecule has 0 spiro atoms. The number of thiazole rings is 1. The topological polar surface area (TPSA) is 120 Å². The van der Waals surface area contributed by atoms with E-state index in [1.54, 1.807) is 32.1 Å². The number of aromatic nitrogens is 1. The maximum absolute atomic E-state index is 13.3. The molecule has 4 unspecified atom stereocenters. The zero-order valence-corrected chi connectivity index (χ0v) is 23.8. The lowest BCUT2D eigenvalue weighted by Gasteiger charge is -2.34. The van der Waals surface area contributed by atoms with E-state index in [9.17, 15) is 24.9 Å². The fourth-order valence-electron chi connectivity index (χ4n) is 5.65. The van der Waals surface area contributed by atoms with Crippen LogP contribution in [-0.4, -0.2) is 80.5 Å². The Labute approximate surface area is 224 Å². The van der Waals surface area contributed by atoms with Crippen LogP contribution in [0, 0.1) is 24.2 Å². The summed E-state index contributed by atoms with van der Waals surface area (Å²) >= 11 is 1.55. The van der Waals surface area contributed by atoms with Gasteiger partial charge in [-0.2, -0.15) is 0 Å². The Morgan fingerprint density at radius 3 is 2.57 bits per heavy atom. The van der Waals surface area contributed by atoms with Crippen LogP contribution < -0.4 is 0 Å². The fraction of sp³-hybridized carbons (Fsp3) is 0.750. The zero-order valence-electron chi connectivity index (χ0n) is 23.0. The van der Waals surface area contributed by atoms with Gasteiger partial charge in [0.15, 0.2) is 0 Å². The summed E-state index contributed by atoms with van der Waals surface area (Å²) in [7, 11) is 0. The summed E-state index contributed by atoms with van der Waals surface area (Å²) in [6.45, 7) is 11.4. The molecule has 208 valence electrons. The number of aryl methyl sites for hydroxylation is 1. The maximum Gasteiger partial charge on any atom is 0.309 e. The monoisotopic (exact) mass is 536 g/mol. The number of fused-ring (bicyclic) bond motifs is 1. The number of hydrogen-bond donors (Lipinski definition) is 3. The van der Waals surface area contributed by atoms with Crippen LogP contribution in [0.2, 0.25) is 0 Å². The molecule has 9 heteroatoms. The van der Waals surface area contributed by atoms with Crippen LogP contribution in [-0.2, 0) is 14.3 Å². The number of ketones is 1. The maximum atomic E-state index is 13.3. The molecule has 3 heterocycles. The SMILES string of the molecule is C/C(=C\c1csc(C)n1)[C@@H]1CC2C(CCC[C@H](C)[C@H](O)[C@@H](C)C(=O)C(C)(C)C(O)CC(=O)O1)N2CCO. The third kappa shape index (κ3) is 7.26. The molecule has 8 atom stereocenters. The highest BCUT2D eigenvalue weighted by Crippen LogP contribution is 2.39. The van der Waals surface area contributed by atoms with Gasteiger partial charge in [-0.15, -0.1) is 11.3 Å². The molecule has 0 radical (unpaired) electrons. The predicted octanol–water partition coefficient (Wildman–Crippen LogP) is 3.37. The van der Waals surface area contributed by atoms with Crippen molar-refractivity contribution in [2.45, 2.75) is 104 Å². The molecule has 37 heavy (non-hydrogen) atoms. The van der Waals surface area contributed by atoms with Crippen LogP contribution in [0.5, 0.6) is 0 Å². The standard InChI is InChI=1S/C28H44N2O6S/c1-16-8-7-9-21-22(30(21)10-11-31)13-23(17(2)12-20-15-37-19(4)29-20)36-25(33)14-24(32)28(5,6)27(35)18(3)26(16)34/h12,15-16,18,21-24,26,31-32,34H,7-11,13-14H2,1-6H3/b17-12+/t16-,18+,21?,22?,23-,24?,26-,30?/m0/s1. The minimum Gasteiger partial charge on any atom is -0.458 e. The number of esters is 1. The van der Waals surface area contributed by atoms with Crippen molar-refractivity contribution in [1.29, 1.82) is 0 Å². The van der Waals surface area contributed by atoms with Crippen molar-refractivity contribution in [2.24, 2.45) is 17.3 Å². The van der Waals surface area contributed by atoms with E-state index in [1.807, 2.05) is 32.2 Å². The van der Waals surface area contributed by atoms with Gasteiger partial charge in [-0.1, -0.05) is 34.1 Å². The molecule has 0 aliphatic carbocycles. The lowest BCUT2D eigenvalue weighted by molar-refractivity contribution is -0.154. The van der Waals surface area contributed by atoms with Crippen LogP contribution in [0.4, 0.5) is 0 Å². The average molecular weight is 537 g/mol. The third-order valence-electron chi connectivity index (χ3n) is 8.31. The highest BCUT2D eigenvalue weighted by molar-refractivity contribution is 7.09. The van der Waals surface area contributed by atoms with Gasteiger partial charge in [0, 0.05) is 36.3 Å². The number of aliphatic hydroxyl groups excluding tert-OH is 3. The van der Waals surface area contributed by atoms with Crippen molar-refractivity contribution in [3.63, 3.8) is 0 Å². The van der Waals surface area contributed by atoms with E-state index < -0.39 is 35.6 Å².